The van der Waals surface area contributed by atoms with Crippen LogP contribution in [0.4, 0.5) is 0 Å². The molecule has 0 atom stereocenters. The minimum Gasteiger partial charge on any atom is -0.319 e. The number of aryl methyl sites for hydroxylation is 1. The molecular weight excluding hydrogens is 190 g/mol. The largest absolute Gasteiger partial charge is 0.319 e. The first-order valence-electron chi connectivity index (χ1n) is 5.45. The number of nitrogens with two attached hydrogens (primary N) is 1. The summed E-state index contributed by atoms with van der Waals surface area (Å²) < 4.78 is 1.60. The van der Waals surface area contributed by atoms with Gasteiger partial charge in [0.05, 0.1) is 5.54 Å². The average Bonchev–Trinajstić information content (AvgIpc) is 2.64. The number of nitrogens with zero attached hydrogens (tertiary/aromatic N) is 2. The summed E-state index contributed by atoms with van der Waals surface area (Å²) in [7, 11) is 1.78. The van der Waals surface area contributed by atoms with Gasteiger partial charge in [0, 0.05) is 13.2 Å². The highest BCUT2D eigenvalue weighted by atomic mass is 16.1. The Morgan fingerprint density at radius 1 is 1.47 bits per heavy atom. The van der Waals surface area contributed by atoms with Gasteiger partial charge in [0.15, 0.2) is 0 Å². The van der Waals surface area contributed by atoms with Crippen molar-refractivity contribution >= 4 is 5.78 Å². The molecule has 1 saturated carbocycles. The van der Waals surface area contributed by atoms with Gasteiger partial charge < -0.3 is 5.73 Å². The Labute approximate surface area is 89.5 Å². The van der Waals surface area contributed by atoms with Gasteiger partial charge in [-0.15, -0.1) is 0 Å². The molecule has 0 amide bonds. The fourth-order valence-corrected chi connectivity index (χ4v) is 2.26. The molecule has 0 aliphatic heterocycles. The van der Waals surface area contributed by atoms with Gasteiger partial charge in [-0.2, -0.15) is 5.10 Å². The number of hydrogen-bond acceptors (Lipinski definition) is 3. The summed E-state index contributed by atoms with van der Waals surface area (Å²) >= 11 is 0. The summed E-state index contributed by atoms with van der Waals surface area (Å²) in [5.74, 6) is 0.0437. The molecule has 15 heavy (non-hydrogen) atoms. The van der Waals surface area contributed by atoms with Crippen LogP contribution in [0.25, 0.3) is 0 Å². The van der Waals surface area contributed by atoms with Gasteiger partial charge in [0.25, 0.3) is 0 Å². The number of Topliss-reactive ketones (excluding diaryl/α,β-unsaturated/α-hetero) is 1. The predicted octanol–water partition coefficient (Wildman–Crippen LogP) is 1.26. The van der Waals surface area contributed by atoms with Gasteiger partial charge in [-0.3, -0.25) is 9.48 Å². The maximum Gasteiger partial charge on any atom is 0.200 e. The Hall–Kier alpha value is -1.16. The minimum absolute atomic E-state index is 0.0437. The minimum atomic E-state index is -0.647. The first kappa shape index (κ1) is 10.4. The van der Waals surface area contributed by atoms with Crippen molar-refractivity contribution in [3.63, 3.8) is 0 Å². The van der Waals surface area contributed by atoms with Crippen molar-refractivity contribution in [3.8, 4) is 0 Å². The maximum absolute atomic E-state index is 12.2. The lowest BCUT2D eigenvalue weighted by Gasteiger charge is -2.31. The van der Waals surface area contributed by atoms with Crippen molar-refractivity contribution in [1.29, 1.82) is 0 Å². The van der Waals surface area contributed by atoms with Crippen LogP contribution in [0.2, 0.25) is 0 Å². The Balaban J connectivity index is 2.23. The number of carbonyl (C=O) groups excluding carboxylic acids is 1. The zero-order valence-electron chi connectivity index (χ0n) is 9.07. The molecule has 1 aromatic heterocycles. The molecular formula is C11H17N3O. The number of hydrogen-bond donors (Lipinski definition) is 1. The summed E-state index contributed by atoms with van der Waals surface area (Å²) in [6.45, 7) is 0. The summed E-state index contributed by atoms with van der Waals surface area (Å²) in [5.41, 5.74) is 6.15. The van der Waals surface area contributed by atoms with Crippen molar-refractivity contribution in [1.82, 2.24) is 9.78 Å². The topological polar surface area (TPSA) is 60.9 Å². The number of aromatic nitrogens is 2. The summed E-state index contributed by atoms with van der Waals surface area (Å²) in [5, 5.41) is 4.00. The summed E-state index contributed by atoms with van der Waals surface area (Å²) in [6, 6.07) is 1.74. The van der Waals surface area contributed by atoms with Gasteiger partial charge in [-0.1, -0.05) is 19.3 Å². The molecule has 4 nitrogen and oxygen atoms in total. The van der Waals surface area contributed by atoms with E-state index in [1.165, 1.54) is 6.42 Å². The maximum atomic E-state index is 12.2. The first-order valence-corrected chi connectivity index (χ1v) is 5.45. The van der Waals surface area contributed by atoms with E-state index in [1.807, 2.05) is 0 Å². The quantitative estimate of drug-likeness (QED) is 0.743. The van der Waals surface area contributed by atoms with E-state index in [1.54, 1.807) is 24.0 Å². The molecule has 82 valence electrons. The molecule has 1 aromatic rings. The number of rotatable bonds is 2. The second-order valence-electron chi connectivity index (χ2n) is 4.39. The second kappa shape index (κ2) is 3.77. The smallest absolute Gasteiger partial charge is 0.200 e. The normalized spacial score (nSPS) is 20.1. The van der Waals surface area contributed by atoms with E-state index in [-0.39, 0.29) is 5.78 Å². The standard InChI is InChI=1S/C11H17N3O/c1-14-9(5-8-13-14)10(15)11(12)6-3-2-4-7-11/h5,8H,2-4,6-7,12H2,1H3. The van der Waals surface area contributed by atoms with Crippen LogP contribution in [0, 0.1) is 0 Å². The molecule has 0 saturated heterocycles. The lowest BCUT2D eigenvalue weighted by atomic mass is 9.78. The van der Waals surface area contributed by atoms with Crippen molar-refractivity contribution in [2.45, 2.75) is 37.6 Å². The van der Waals surface area contributed by atoms with E-state index < -0.39 is 5.54 Å². The number of carbonyl (C=O) groups is 1. The predicted molar refractivity (Wildman–Crippen MR) is 57.5 cm³/mol. The van der Waals surface area contributed by atoms with Crippen LogP contribution in [0.15, 0.2) is 12.3 Å². The van der Waals surface area contributed by atoms with Crippen LogP contribution >= 0.6 is 0 Å². The highest BCUT2D eigenvalue weighted by molar-refractivity contribution is 6.01. The summed E-state index contributed by atoms with van der Waals surface area (Å²) in [6.07, 6.45) is 6.55. The Kier molecular flexibility index (Phi) is 2.61. The van der Waals surface area contributed by atoms with Crippen molar-refractivity contribution in [2.75, 3.05) is 0 Å². The molecule has 2 N–H and O–H groups in total. The molecule has 2 rings (SSSR count). The van der Waals surface area contributed by atoms with Crippen molar-refractivity contribution in [3.05, 3.63) is 18.0 Å². The Bertz CT molecular complexity index is 364. The summed E-state index contributed by atoms with van der Waals surface area (Å²) in [4.78, 5) is 12.2. The van der Waals surface area contributed by atoms with E-state index in [0.29, 0.717) is 5.69 Å². The molecule has 1 fully saturated rings. The van der Waals surface area contributed by atoms with Crippen LogP contribution in [-0.2, 0) is 7.05 Å². The first-order chi connectivity index (χ1) is 7.13. The van der Waals surface area contributed by atoms with Crippen LogP contribution in [0.5, 0.6) is 0 Å². The van der Waals surface area contributed by atoms with Crippen LogP contribution in [-0.4, -0.2) is 21.1 Å². The number of ketones is 1. The van der Waals surface area contributed by atoms with Crippen LogP contribution in [0.1, 0.15) is 42.6 Å². The van der Waals surface area contributed by atoms with E-state index in [9.17, 15) is 4.79 Å². The van der Waals surface area contributed by atoms with E-state index in [0.717, 1.165) is 25.7 Å². The lowest BCUT2D eigenvalue weighted by molar-refractivity contribution is 0.0838. The Morgan fingerprint density at radius 2 is 2.13 bits per heavy atom. The highest BCUT2D eigenvalue weighted by Crippen LogP contribution is 2.28. The molecule has 1 aliphatic carbocycles. The SMILES string of the molecule is Cn1nccc1C(=O)C1(N)CCCCC1. The zero-order chi connectivity index (χ0) is 10.9. The fourth-order valence-electron chi connectivity index (χ4n) is 2.26. The van der Waals surface area contributed by atoms with Gasteiger partial charge in [0.2, 0.25) is 5.78 Å². The van der Waals surface area contributed by atoms with Crippen LogP contribution in [0.3, 0.4) is 0 Å². The molecule has 4 heteroatoms. The van der Waals surface area contributed by atoms with Crippen molar-refractivity contribution in [2.24, 2.45) is 12.8 Å². The van der Waals surface area contributed by atoms with Crippen LogP contribution < -0.4 is 5.73 Å². The second-order valence-corrected chi connectivity index (χ2v) is 4.39. The monoisotopic (exact) mass is 207 g/mol. The molecule has 1 heterocycles. The lowest BCUT2D eigenvalue weighted by Crippen LogP contribution is -2.49. The molecule has 0 bridgehead atoms. The average molecular weight is 207 g/mol. The van der Waals surface area contributed by atoms with E-state index in [2.05, 4.69) is 5.10 Å². The van der Waals surface area contributed by atoms with Gasteiger partial charge >= 0.3 is 0 Å². The molecule has 0 unspecified atom stereocenters. The van der Waals surface area contributed by atoms with Gasteiger partial charge in [-0.25, -0.2) is 0 Å². The van der Waals surface area contributed by atoms with Gasteiger partial charge in [-0.05, 0) is 18.9 Å². The van der Waals surface area contributed by atoms with Crippen molar-refractivity contribution < 1.29 is 4.79 Å². The molecule has 1 aliphatic rings. The zero-order valence-corrected chi connectivity index (χ0v) is 9.07. The van der Waals surface area contributed by atoms with E-state index in [4.69, 9.17) is 5.73 Å². The van der Waals surface area contributed by atoms with Gasteiger partial charge in [0.1, 0.15) is 5.69 Å². The third kappa shape index (κ3) is 1.81. The third-order valence-corrected chi connectivity index (χ3v) is 3.25. The highest BCUT2D eigenvalue weighted by Gasteiger charge is 2.36. The molecule has 0 aromatic carbocycles. The fraction of sp³-hybridized carbons (Fsp3) is 0.636. The molecule has 0 radical (unpaired) electrons. The van der Waals surface area contributed by atoms with E-state index >= 15 is 0 Å². The third-order valence-electron chi connectivity index (χ3n) is 3.25. The molecule has 0 spiro atoms. The Morgan fingerprint density at radius 3 is 2.67 bits per heavy atom.